The molecule has 1 N–H and O–H groups in total. The summed E-state index contributed by atoms with van der Waals surface area (Å²) in [6.07, 6.45) is 4.40. The van der Waals surface area contributed by atoms with Crippen molar-refractivity contribution in [2.75, 3.05) is 6.54 Å². The van der Waals surface area contributed by atoms with Gasteiger partial charge < -0.3 is 15.0 Å². The number of nitrogens with zero attached hydrogens (tertiary/aromatic N) is 1. The third-order valence-electron chi connectivity index (χ3n) is 6.52. The third kappa shape index (κ3) is 4.32. The highest BCUT2D eigenvalue weighted by Gasteiger charge is 2.39. The number of hydrogen-bond acceptors (Lipinski definition) is 3. The molecule has 2 fully saturated rings. The van der Waals surface area contributed by atoms with Gasteiger partial charge in [0.1, 0.15) is 5.75 Å². The molecule has 162 valence electrons. The maximum atomic E-state index is 13.1. The number of hydrogen-bond donors (Lipinski definition) is 1. The second-order valence-electron chi connectivity index (χ2n) is 9.28. The van der Waals surface area contributed by atoms with Crippen molar-refractivity contribution < 1.29 is 14.3 Å². The van der Waals surface area contributed by atoms with E-state index in [2.05, 4.69) is 47.5 Å². The lowest BCUT2D eigenvalue weighted by atomic mass is 9.87. The lowest BCUT2D eigenvalue weighted by Crippen LogP contribution is -2.41. The zero-order valence-corrected chi connectivity index (χ0v) is 18.3. The van der Waals surface area contributed by atoms with Crippen LogP contribution < -0.4 is 10.1 Å². The zero-order valence-electron chi connectivity index (χ0n) is 18.3. The standard InChI is InChI=1S/C26H30N2O3/c1-16-4-3-5-20(14-16)24-23-15-22(31-17(2)25(29)27-21-9-10-21)11-8-18(23)12-13-28(24)26(30)19-6-7-19/h3-5,8,11,14-15,17,19,21,24H,6-7,9-10,12-13H2,1-2H3,(H,27,29)/t17-,24+/m0/s1. The predicted molar refractivity (Wildman–Crippen MR) is 119 cm³/mol. The Kier molecular flexibility index (Phi) is 5.20. The fourth-order valence-electron chi connectivity index (χ4n) is 4.47. The first-order chi connectivity index (χ1) is 15.0. The molecule has 5 heteroatoms. The van der Waals surface area contributed by atoms with Crippen LogP contribution in [0.2, 0.25) is 0 Å². The van der Waals surface area contributed by atoms with E-state index in [4.69, 9.17) is 4.74 Å². The van der Waals surface area contributed by atoms with Crippen molar-refractivity contribution >= 4 is 11.8 Å². The van der Waals surface area contributed by atoms with Gasteiger partial charge >= 0.3 is 0 Å². The Labute approximate surface area is 183 Å². The maximum absolute atomic E-state index is 13.1. The smallest absolute Gasteiger partial charge is 0.260 e. The summed E-state index contributed by atoms with van der Waals surface area (Å²) in [5, 5.41) is 3.00. The zero-order chi connectivity index (χ0) is 21.5. The summed E-state index contributed by atoms with van der Waals surface area (Å²) in [6.45, 7) is 4.61. The number of rotatable bonds is 6. The minimum absolute atomic E-state index is 0.0685. The van der Waals surface area contributed by atoms with E-state index in [0.29, 0.717) is 11.8 Å². The molecule has 0 spiro atoms. The van der Waals surface area contributed by atoms with Gasteiger partial charge in [0.2, 0.25) is 5.91 Å². The third-order valence-corrected chi connectivity index (χ3v) is 6.52. The topological polar surface area (TPSA) is 58.6 Å². The van der Waals surface area contributed by atoms with E-state index in [0.717, 1.165) is 49.8 Å². The predicted octanol–water partition coefficient (Wildman–Crippen LogP) is 3.93. The molecule has 2 atom stereocenters. The van der Waals surface area contributed by atoms with E-state index in [1.165, 1.54) is 11.1 Å². The van der Waals surface area contributed by atoms with Crippen LogP contribution in [0.5, 0.6) is 5.75 Å². The average molecular weight is 419 g/mol. The van der Waals surface area contributed by atoms with Gasteiger partial charge in [0.15, 0.2) is 6.10 Å². The Balaban J connectivity index is 1.46. The number of aryl methyl sites for hydroxylation is 1. The van der Waals surface area contributed by atoms with E-state index in [9.17, 15) is 9.59 Å². The van der Waals surface area contributed by atoms with Crippen molar-refractivity contribution in [2.45, 2.75) is 64.1 Å². The van der Waals surface area contributed by atoms with Crippen molar-refractivity contribution in [3.63, 3.8) is 0 Å². The number of ether oxygens (including phenoxy) is 1. The lowest BCUT2D eigenvalue weighted by molar-refractivity contribution is -0.134. The van der Waals surface area contributed by atoms with Gasteiger partial charge in [-0.3, -0.25) is 9.59 Å². The average Bonchev–Trinajstić information content (AvgIpc) is 3.67. The summed E-state index contributed by atoms with van der Waals surface area (Å²) < 4.78 is 6.02. The van der Waals surface area contributed by atoms with E-state index in [1.807, 2.05) is 12.1 Å². The number of amides is 2. The van der Waals surface area contributed by atoms with Gasteiger partial charge in [-0.15, -0.1) is 0 Å². The van der Waals surface area contributed by atoms with Crippen LogP contribution in [0, 0.1) is 12.8 Å². The van der Waals surface area contributed by atoms with Gasteiger partial charge in [0.25, 0.3) is 5.91 Å². The van der Waals surface area contributed by atoms with Crippen LogP contribution >= 0.6 is 0 Å². The maximum Gasteiger partial charge on any atom is 0.260 e. The van der Waals surface area contributed by atoms with E-state index >= 15 is 0 Å². The summed E-state index contributed by atoms with van der Waals surface area (Å²) in [4.78, 5) is 27.5. The van der Waals surface area contributed by atoms with Crippen LogP contribution in [0.25, 0.3) is 0 Å². The van der Waals surface area contributed by atoms with Gasteiger partial charge in [-0.2, -0.15) is 0 Å². The number of fused-ring (bicyclic) bond motifs is 1. The molecule has 2 aromatic carbocycles. The fourth-order valence-corrected chi connectivity index (χ4v) is 4.47. The van der Waals surface area contributed by atoms with Gasteiger partial charge in [0, 0.05) is 18.5 Å². The van der Waals surface area contributed by atoms with Crippen molar-refractivity contribution in [1.29, 1.82) is 0 Å². The lowest BCUT2D eigenvalue weighted by Gasteiger charge is -2.38. The monoisotopic (exact) mass is 418 g/mol. The van der Waals surface area contributed by atoms with E-state index in [-0.39, 0.29) is 23.8 Å². The molecule has 1 aliphatic heterocycles. The quantitative estimate of drug-likeness (QED) is 0.773. The molecule has 0 saturated heterocycles. The van der Waals surface area contributed by atoms with E-state index < -0.39 is 6.10 Å². The first-order valence-corrected chi connectivity index (χ1v) is 11.5. The molecule has 2 aliphatic carbocycles. The molecular formula is C26H30N2O3. The van der Waals surface area contributed by atoms with Crippen LogP contribution in [-0.4, -0.2) is 35.4 Å². The summed E-state index contributed by atoms with van der Waals surface area (Å²) in [6, 6.07) is 14.7. The number of benzene rings is 2. The molecule has 2 saturated carbocycles. The molecular weight excluding hydrogens is 388 g/mol. The second kappa shape index (κ2) is 8.03. The van der Waals surface area contributed by atoms with Gasteiger partial charge in [-0.05, 0) is 74.8 Å². The van der Waals surface area contributed by atoms with Gasteiger partial charge in [-0.25, -0.2) is 0 Å². The highest BCUT2D eigenvalue weighted by Crippen LogP contribution is 2.41. The molecule has 2 amide bonds. The molecule has 3 aliphatic rings. The van der Waals surface area contributed by atoms with Crippen LogP contribution in [0.4, 0.5) is 0 Å². The summed E-state index contributed by atoms with van der Waals surface area (Å²) >= 11 is 0. The molecule has 5 nitrogen and oxygen atoms in total. The van der Waals surface area contributed by atoms with Crippen molar-refractivity contribution in [1.82, 2.24) is 10.2 Å². The van der Waals surface area contributed by atoms with Crippen LogP contribution in [0.3, 0.4) is 0 Å². The van der Waals surface area contributed by atoms with Crippen LogP contribution in [0.15, 0.2) is 42.5 Å². The molecule has 0 aromatic heterocycles. The Hall–Kier alpha value is -2.82. The van der Waals surface area contributed by atoms with E-state index in [1.54, 1.807) is 6.92 Å². The number of nitrogens with one attached hydrogen (secondary N) is 1. The SMILES string of the molecule is Cc1cccc([C@@H]2c3cc(O[C@@H](C)C(=O)NC4CC4)ccc3CCN2C(=O)C2CC2)c1. The molecule has 2 aromatic rings. The Bertz CT molecular complexity index is 1010. The minimum Gasteiger partial charge on any atom is -0.481 e. The normalized spacial score (nSPS) is 21.2. The molecule has 1 heterocycles. The van der Waals surface area contributed by atoms with Gasteiger partial charge in [0.05, 0.1) is 6.04 Å². The van der Waals surface area contributed by atoms with Crippen molar-refractivity contribution in [3.05, 3.63) is 64.7 Å². The number of carbonyl (C=O) groups excluding carboxylic acids is 2. The molecule has 5 rings (SSSR count). The first kappa shape index (κ1) is 20.1. The highest BCUT2D eigenvalue weighted by molar-refractivity contribution is 5.82. The summed E-state index contributed by atoms with van der Waals surface area (Å²) in [7, 11) is 0. The Morgan fingerprint density at radius 2 is 1.90 bits per heavy atom. The summed E-state index contributed by atoms with van der Waals surface area (Å²) in [5.74, 6) is 1.05. The summed E-state index contributed by atoms with van der Waals surface area (Å²) in [5.41, 5.74) is 4.67. The van der Waals surface area contributed by atoms with Crippen LogP contribution in [0.1, 0.15) is 60.9 Å². The Morgan fingerprint density at radius 3 is 2.61 bits per heavy atom. The molecule has 0 bridgehead atoms. The van der Waals surface area contributed by atoms with Crippen LogP contribution in [-0.2, 0) is 16.0 Å². The second-order valence-corrected chi connectivity index (χ2v) is 9.28. The minimum atomic E-state index is -0.552. The van der Waals surface area contributed by atoms with Gasteiger partial charge in [-0.1, -0.05) is 35.9 Å². The van der Waals surface area contributed by atoms with Crippen molar-refractivity contribution in [2.24, 2.45) is 5.92 Å². The highest BCUT2D eigenvalue weighted by atomic mass is 16.5. The molecule has 31 heavy (non-hydrogen) atoms. The van der Waals surface area contributed by atoms with Crippen molar-refractivity contribution in [3.8, 4) is 5.75 Å². The molecule has 0 radical (unpaired) electrons. The molecule has 0 unspecified atom stereocenters. The Morgan fingerprint density at radius 1 is 1.10 bits per heavy atom. The fraction of sp³-hybridized carbons (Fsp3) is 0.462. The number of carbonyl (C=O) groups is 2. The first-order valence-electron chi connectivity index (χ1n) is 11.5. The largest absolute Gasteiger partial charge is 0.481 e.